The quantitative estimate of drug-likeness (QED) is 0.524. The van der Waals surface area contributed by atoms with Gasteiger partial charge in [-0.1, -0.05) is 52.2 Å². The van der Waals surface area contributed by atoms with E-state index >= 15 is 0 Å². The highest BCUT2D eigenvalue weighted by Crippen LogP contribution is 2.50. The normalized spacial score (nSPS) is 21.3. The van der Waals surface area contributed by atoms with E-state index in [0.29, 0.717) is 12.0 Å². The summed E-state index contributed by atoms with van der Waals surface area (Å²) in [6.07, 6.45) is 13.4. The predicted octanol–water partition coefficient (Wildman–Crippen LogP) is 5.73. The van der Waals surface area contributed by atoms with Crippen LogP contribution in [0.1, 0.15) is 94.3 Å². The number of aromatic nitrogens is 2. The van der Waals surface area contributed by atoms with Crippen LogP contribution in [0.2, 0.25) is 0 Å². The van der Waals surface area contributed by atoms with Crippen LogP contribution in [0, 0.1) is 11.3 Å². The number of methoxy groups -OCH3 is 1. The lowest BCUT2D eigenvalue weighted by Crippen LogP contribution is -2.51. The summed E-state index contributed by atoms with van der Waals surface area (Å²) in [6.45, 7) is 6.80. The van der Waals surface area contributed by atoms with Gasteiger partial charge in [0, 0.05) is 12.1 Å². The number of nitrogens with one attached hydrogen (secondary N) is 2. The van der Waals surface area contributed by atoms with Gasteiger partial charge in [-0.15, -0.1) is 0 Å². The molecule has 2 fully saturated rings. The molecule has 7 nitrogen and oxygen atoms in total. The number of aryl methyl sites for hydroxylation is 1. The van der Waals surface area contributed by atoms with Crippen molar-refractivity contribution >= 4 is 12.0 Å². The molecule has 5 rings (SSSR count). The van der Waals surface area contributed by atoms with Crippen LogP contribution in [0.25, 0.3) is 11.3 Å². The van der Waals surface area contributed by atoms with Crippen LogP contribution in [0.3, 0.4) is 0 Å². The van der Waals surface area contributed by atoms with Crippen LogP contribution in [0.15, 0.2) is 18.3 Å². The zero-order chi connectivity index (χ0) is 26.2. The highest BCUT2D eigenvalue weighted by Gasteiger charge is 2.41. The van der Waals surface area contributed by atoms with Gasteiger partial charge in [0.2, 0.25) is 5.91 Å². The molecule has 1 aliphatic heterocycles. The first-order valence-electron chi connectivity index (χ1n) is 14.2. The van der Waals surface area contributed by atoms with E-state index in [9.17, 15) is 9.59 Å². The third-order valence-corrected chi connectivity index (χ3v) is 9.06. The minimum Gasteiger partial charge on any atom is -0.453 e. The second-order valence-corrected chi connectivity index (χ2v) is 11.7. The molecule has 2 N–H and O–H groups in total. The Morgan fingerprint density at radius 3 is 2.62 bits per heavy atom. The molecule has 3 aliphatic rings. The Hall–Kier alpha value is -2.83. The number of carbonyl (C=O) groups excluding carboxylic acids is 2. The molecule has 37 heavy (non-hydrogen) atoms. The molecular weight excluding hydrogens is 464 g/mol. The van der Waals surface area contributed by atoms with E-state index in [-0.39, 0.29) is 17.9 Å². The van der Waals surface area contributed by atoms with E-state index in [4.69, 9.17) is 9.72 Å². The Labute approximate surface area is 220 Å². The Bertz CT molecular complexity index is 1150. The van der Waals surface area contributed by atoms with Crippen LogP contribution in [0.4, 0.5) is 4.79 Å². The van der Waals surface area contributed by atoms with Crippen molar-refractivity contribution in [2.45, 2.75) is 97.1 Å². The summed E-state index contributed by atoms with van der Waals surface area (Å²) in [5.41, 5.74) is 7.34. The number of hydrogen-bond acceptors (Lipinski definition) is 4. The molecule has 1 saturated carbocycles. The predicted molar refractivity (Wildman–Crippen MR) is 144 cm³/mol. The summed E-state index contributed by atoms with van der Waals surface area (Å²) < 4.78 is 4.76. The molecule has 0 radical (unpaired) electrons. The number of ether oxygens (including phenoxy) is 1. The van der Waals surface area contributed by atoms with E-state index < -0.39 is 12.1 Å². The number of benzene rings is 1. The van der Waals surface area contributed by atoms with Gasteiger partial charge in [-0.3, -0.25) is 4.79 Å². The molecule has 1 spiro atoms. The molecule has 2 unspecified atom stereocenters. The number of rotatable bonds is 6. The van der Waals surface area contributed by atoms with Crippen molar-refractivity contribution in [3.63, 3.8) is 0 Å². The van der Waals surface area contributed by atoms with Gasteiger partial charge < -0.3 is 19.9 Å². The van der Waals surface area contributed by atoms with E-state index in [1.807, 2.05) is 24.9 Å². The first-order chi connectivity index (χ1) is 17.9. The number of likely N-dealkylation sites (tertiary alicyclic amines) is 1. The summed E-state index contributed by atoms with van der Waals surface area (Å²) >= 11 is 0. The second kappa shape index (κ2) is 10.5. The van der Waals surface area contributed by atoms with Crippen LogP contribution < -0.4 is 5.32 Å². The Balaban J connectivity index is 1.41. The van der Waals surface area contributed by atoms with Gasteiger partial charge in [-0.25, -0.2) is 9.78 Å². The van der Waals surface area contributed by atoms with Crippen molar-refractivity contribution in [1.29, 1.82) is 0 Å². The molecule has 1 aromatic heterocycles. The van der Waals surface area contributed by atoms with Crippen molar-refractivity contribution in [2.24, 2.45) is 11.3 Å². The molecule has 2 aliphatic carbocycles. The van der Waals surface area contributed by atoms with Crippen LogP contribution >= 0.6 is 0 Å². The molecule has 2 amide bonds. The van der Waals surface area contributed by atoms with E-state index in [2.05, 4.69) is 29.4 Å². The maximum absolute atomic E-state index is 13.5. The average molecular weight is 507 g/mol. The molecule has 200 valence electrons. The van der Waals surface area contributed by atoms with E-state index in [1.54, 1.807) is 5.56 Å². The lowest BCUT2D eigenvalue weighted by atomic mass is 9.72. The van der Waals surface area contributed by atoms with E-state index in [1.165, 1.54) is 68.7 Å². The number of alkyl carbamates (subject to hydrolysis) is 1. The fourth-order valence-corrected chi connectivity index (χ4v) is 7.05. The third-order valence-electron chi connectivity index (χ3n) is 9.06. The van der Waals surface area contributed by atoms with Crippen LogP contribution in [-0.2, 0) is 28.8 Å². The van der Waals surface area contributed by atoms with Gasteiger partial charge in [0.05, 0.1) is 25.0 Å². The summed E-state index contributed by atoms with van der Waals surface area (Å²) in [7, 11) is 1.32. The topological polar surface area (TPSA) is 87.3 Å². The standard InChI is InChI=1S/C30H42N4O3/c1-5-20-11-12-21(23-17-30(16-22(20)23)13-7-6-8-14-30)24-18-31-27(32-24)25-10-9-15-34(25)28(35)26(19(2)3)33-29(36)37-4/h11-12,18-19,25-26H,5-10,13-17H2,1-4H3,(H,31,32)(H,33,36). The molecule has 2 aromatic rings. The van der Waals surface area contributed by atoms with Gasteiger partial charge >= 0.3 is 6.09 Å². The van der Waals surface area contributed by atoms with Gasteiger partial charge in [0.25, 0.3) is 0 Å². The number of fused-ring (bicyclic) bond motifs is 1. The molecule has 2 heterocycles. The lowest BCUT2D eigenvalue weighted by Gasteiger charge is -2.33. The maximum atomic E-state index is 13.5. The number of H-pyrrole nitrogens is 1. The minimum atomic E-state index is -0.626. The summed E-state index contributed by atoms with van der Waals surface area (Å²) in [5, 5.41) is 2.73. The first-order valence-corrected chi connectivity index (χ1v) is 14.2. The average Bonchev–Trinajstić information content (AvgIpc) is 3.64. The summed E-state index contributed by atoms with van der Waals surface area (Å²) in [5.74, 6) is 0.709. The molecule has 0 bridgehead atoms. The van der Waals surface area contributed by atoms with Gasteiger partial charge in [0.1, 0.15) is 11.9 Å². The fraction of sp³-hybridized carbons (Fsp3) is 0.633. The fourth-order valence-electron chi connectivity index (χ4n) is 7.05. The highest BCUT2D eigenvalue weighted by molar-refractivity contribution is 5.86. The zero-order valence-electron chi connectivity index (χ0n) is 22.9. The van der Waals surface area contributed by atoms with Crippen molar-refractivity contribution in [1.82, 2.24) is 20.2 Å². The Morgan fingerprint density at radius 2 is 1.92 bits per heavy atom. The number of hydrogen-bond donors (Lipinski definition) is 2. The van der Waals surface area contributed by atoms with Crippen molar-refractivity contribution in [3.05, 3.63) is 40.8 Å². The van der Waals surface area contributed by atoms with Crippen molar-refractivity contribution in [3.8, 4) is 11.3 Å². The number of carbonyl (C=O) groups is 2. The van der Waals surface area contributed by atoms with Crippen LogP contribution in [-0.4, -0.2) is 46.6 Å². The number of imidazole rings is 1. The molecule has 1 aromatic carbocycles. The molecule has 7 heteroatoms. The van der Waals surface area contributed by atoms with Crippen molar-refractivity contribution in [2.75, 3.05) is 13.7 Å². The lowest BCUT2D eigenvalue weighted by molar-refractivity contribution is -0.135. The minimum absolute atomic E-state index is 0.0493. The number of amides is 2. The zero-order valence-corrected chi connectivity index (χ0v) is 22.9. The largest absolute Gasteiger partial charge is 0.453 e. The summed E-state index contributed by atoms with van der Waals surface area (Å²) in [4.78, 5) is 35.7. The molecule has 1 saturated heterocycles. The van der Waals surface area contributed by atoms with Gasteiger partial charge in [-0.05, 0) is 73.0 Å². The Morgan fingerprint density at radius 1 is 1.16 bits per heavy atom. The maximum Gasteiger partial charge on any atom is 0.407 e. The highest BCUT2D eigenvalue weighted by atomic mass is 16.5. The van der Waals surface area contributed by atoms with Crippen LogP contribution in [0.5, 0.6) is 0 Å². The van der Waals surface area contributed by atoms with E-state index in [0.717, 1.165) is 30.8 Å². The first kappa shape index (κ1) is 25.8. The van der Waals surface area contributed by atoms with Gasteiger partial charge in [-0.2, -0.15) is 0 Å². The SMILES string of the molecule is CCc1ccc(-c2cnc(C3CCCN3C(=O)C(NC(=O)OC)C(C)C)[nH]2)c2c1CC1(CCCCC1)C2. The van der Waals surface area contributed by atoms with Crippen molar-refractivity contribution < 1.29 is 14.3 Å². The molecular formula is C30H42N4O3. The number of aromatic amines is 1. The third kappa shape index (κ3) is 4.89. The Kier molecular flexibility index (Phi) is 7.32. The smallest absolute Gasteiger partial charge is 0.407 e. The summed E-state index contributed by atoms with van der Waals surface area (Å²) in [6, 6.07) is 3.85. The number of nitrogens with zero attached hydrogens (tertiary/aromatic N) is 2. The second-order valence-electron chi connectivity index (χ2n) is 11.7. The molecule has 2 atom stereocenters. The monoisotopic (exact) mass is 506 g/mol. The van der Waals surface area contributed by atoms with Gasteiger partial charge in [0.15, 0.2) is 0 Å².